The highest BCUT2D eigenvalue weighted by Gasteiger charge is 2.21. The van der Waals surface area contributed by atoms with Gasteiger partial charge in [-0.15, -0.1) is 0 Å². The minimum absolute atomic E-state index is 0.0353. The van der Waals surface area contributed by atoms with Crippen LogP contribution in [-0.4, -0.2) is 19.2 Å². The maximum atomic E-state index is 12.8. The van der Waals surface area contributed by atoms with E-state index in [0.29, 0.717) is 0 Å². The Labute approximate surface area is 89.4 Å². The summed E-state index contributed by atoms with van der Waals surface area (Å²) in [4.78, 5) is 0. The van der Waals surface area contributed by atoms with Crippen molar-refractivity contribution in [3.8, 4) is 0 Å². The molecule has 82 valence electrons. The highest BCUT2D eigenvalue weighted by atomic mass is 19.1. The van der Waals surface area contributed by atoms with Crippen molar-refractivity contribution < 1.29 is 9.13 Å². The zero-order valence-electron chi connectivity index (χ0n) is 8.87. The van der Waals surface area contributed by atoms with E-state index < -0.39 is 0 Å². The molecule has 0 aromatic heterocycles. The molecule has 3 heteroatoms. The van der Waals surface area contributed by atoms with Crippen molar-refractivity contribution in [2.24, 2.45) is 0 Å². The minimum Gasteiger partial charge on any atom is -0.372 e. The van der Waals surface area contributed by atoms with Crippen molar-refractivity contribution in [3.05, 3.63) is 35.6 Å². The molecule has 2 nitrogen and oxygen atoms in total. The summed E-state index contributed by atoms with van der Waals surface area (Å²) in [6, 6.07) is 6.83. The number of nitrogens with one attached hydrogen (secondary N) is 1. The Morgan fingerprint density at radius 1 is 1.33 bits per heavy atom. The van der Waals surface area contributed by atoms with Crippen LogP contribution in [-0.2, 0) is 4.74 Å². The Morgan fingerprint density at radius 3 is 2.80 bits per heavy atom. The second kappa shape index (κ2) is 4.73. The molecule has 1 aromatic carbocycles. The van der Waals surface area contributed by atoms with Crippen molar-refractivity contribution in [1.82, 2.24) is 5.32 Å². The standard InChI is InChI=1S/C12H16FNO/c1-9-12(15-8-2-7-14-9)10-3-5-11(13)6-4-10/h3-6,9,12,14H,2,7-8H2,1H3. The first kappa shape index (κ1) is 10.6. The molecular weight excluding hydrogens is 193 g/mol. The molecule has 2 atom stereocenters. The summed E-state index contributed by atoms with van der Waals surface area (Å²) in [6.07, 6.45) is 1.07. The van der Waals surface area contributed by atoms with Gasteiger partial charge in [-0.2, -0.15) is 0 Å². The summed E-state index contributed by atoms with van der Waals surface area (Å²) in [5.74, 6) is -0.201. The second-order valence-corrected chi connectivity index (χ2v) is 3.94. The predicted molar refractivity (Wildman–Crippen MR) is 57.2 cm³/mol. The van der Waals surface area contributed by atoms with Gasteiger partial charge >= 0.3 is 0 Å². The van der Waals surface area contributed by atoms with Gasteiger partial charge in [0.25, 0.3) is 0 Å². The lowest BCUT2D eigenvalue weighted by Gasteiger charge is -2.22. The van der Waals surface area contributed by atoms with Gasteiger partial charge in [0.2, 0.25) is 0 Å². The first-order chi connectivity index (χ1) is 7.27. The molecule has 0 aliphatic carbocycles. The van der Waals surface area contributed by atoms with Crippen LogP contribution in [0, 0.1) is 5.82 Å². The topological polar surface area (TPSA) is 21.3 Å². The van der Waals surface area contributed by atoms with Gasteiger partial charge in [-0.1, -0.05) is 12.1 Å². The maximum absolute atomic E-state index is 12.8. The number of hydrogen-bond acceptors (Lipinski definition) is 2. The van der Waals surface area contributed by atoms with Crippen LogP contribution >= 0.6 is 0 Å². The van der Waals surface area contributed by atoms with Crippen LogP contribution < -0.4 is 5.32 Å². The molecule has 0 bridgehead atoms. The van der Waals surface area contributed by atoms with Gasteiger partial charge in [0.1, 0.15) is 5.82 Å². The lowest BCUT2D eigenvalue weighted by Crippen LogP contribution is -2.31. The van der Waals surface area contributed by atoms with Crippen LogP contribution in [0.15, 0.2) is 24.3 Å². The van der Waals surface area contributed by atoms with E-state index in [1.807, 2.05) is 0 Å². The van der Waals surface area contributed by atoms with E-state index in [9.17, 15) is 4.39 Å². The quantitative estimate of drug-likeness (QED) is 0.766. The minimum atomic E-state index is -0.201. The van der Waals surface area contributed by atoms with E-state index in [-0.39, 0.29) is 18.0 Å². The first-order valence-electron chi connectivity index (χ1n) is 5.38. The zero-order valence-corrected chi connectivity index (χ0v) is 8.87. The van der Waals surface area contributed by atoms with Crippen LogP contribution in [0.5, 0.6) is 0 Å². The molecule has 0 radical (unpaired) electrons. The molecule has 1 aliphatic rings. The van der Waals surface area contributed by atoms with Crippen molar-refractivity contribution in [1.29, 1.82) is 0 Å². The maximum Gasteiger partial charge on any atom is 0.123 e. The third kappa shape index (κ3) is 2.55. The summed E-state index contributed by atoms with van der Waals surface area (Å²) in [5, 5.41) is 3.39. The van der Waals surface area contributed by atoms with E-state index in [2.05, 4.69) is 12.2 Å². The molecule has 1 heterocycles. The molecule has 1 N–H and O–H groups in total. The van der Waals surface area contributed by atoms with Gasteiger partial charge in [-0.25, -0.2) is 4.39 Å². The summed E-state index contributed by atoms with van der Waals surface area (Å²) >= 11 is 0. The number of hydrogen-bond donors (Lipinski definition) is 1. The van der Waals surface area contributed by atoms with Crippen LogP contribution in [0.1, 0.15) is 25.0 Å². The van der Waals surface area contributed by atoms with Gasteiger partial charge < -0.3 is 10.1 Å². The third-order valence-corrected chi connectivity index (χ3v) is 2.74. The molecule has 0 saturated carbocycles. The Bertz CT molecular complexity index is 312. The second-order valence-electron chi connectivity index (χ2n) is 3.94. The van der Waals surface area contributed by atoms with Crippen molar-refractivity contribution in [3.63, 3.8) is 0 Å². The highest BCUT2D eigenvalue weighted by molar-refractivity contribution is 5.20. The van der Waals surface area contributed by atoms with Gasteiger partial charge in [0.15, 0.2) is 0 Å². The molecular formula is C12H16FNO. The molecule has 1 aromatic rings. The zero-order chi connectivity index (χ0) is 10.7. The average Bonchev–Trinajstić information content (AvgIpc) is 2.44. The van der Waals surface area contributed by atoms with E-state index in [1.165, 1.54) is 12.1 Å². The average molecular weight is 209 g/mol. The Morgan fingerprint density at radius 2 is 2.07 bits per heavy atom. The number of ether oxygens (including phenoxy) is 1. The van der Waals surface area contributed by atoms with Gasteiger partial charge in [0, 0.05) is 12.6 Å². The van der Waals surface area contributed by atoms with Crippen molar-refractivity contribution >= 4 is 0 Å². The summed E-state index contributed by atoms with van der Waals surface area (Å²) in [7, 11) is 0. The number of rotatable bonds is 1. The van der Waals surface area contributed by atoms with Gasteiger partial charge in [-0.05, 0) is 37.6 Å². The van der Waals surface area contributed by atoms with E-state index in [0.717, 1.165) is 25.1 Å². The van der Waals surface area contributed by atoms with Crippen LogP contribution in [0.3, 0.4) is 0 Å². The Hall–Kier alpha value is -0.930. The monoisotopic (exact) mass is 209 g/mol. The molecule has 2 unspecified atom stereocenters. The predicted octanol–water partition coefficient (Wildman–Crippen LogP) is 2.27. The normalized spacial score (nSPS) is 27.3. The van der Waals surface area contributed by atoms with Gasteiger partial charge in [0.05, 0.1) is 6.10 Å². The highest BCUT2D eigenvalue weighted by Crippen LogP contribution is 2.23. The summed E-state index contributed by atoms with van der Waals surface area (Å²) in [6.45, 7) is 3.84. The molecule has 15 heavy (non-hydrogen) atoms. The van der Waals surface area contributed by atoms with E-state index >= 15 is 0 Å². The number of benzene rings is 1. The first-order valence-corrected chi connectivity index (χ1v) is 5.38. The van der Waals surface area contributed by atoms with E-state index in [1.54, 1.807) is 12.1 Å². The Balaban J connectivity index is 2.16. The molecule has 1 aliphatic heterocycles. The summed E-state index contributed by atoms with van der Waals surface area (Å²) in [5.41, 5.74) is 1.04. The van der Waals surface area contributed by atoms with Gasteiger partial charge in [-0.3, -0.25) is 0 Å². The Kier molecular flexibility index (Phi) is 3.34. The fourth-order valence-electron chi connectivity index (χ4n) is 1.90. The fourth-order valence-corrected chi connectivity index (χ4v) is 1.90. The molecule has 0 spiro atoms. The molecule has 1 fully saturated rings. The lowest BCUT2D eigenvalue weighted by atomic mass is 10.0. The van der Waals surface area contributed by atoms with Crippen molar-refractivity contribution in [2.75, 3.05) is 13.2 Å². The smallest absolute Gasteiger partial charge is 0.123 e. The van der Waals surface area contributed by atoms with Crippen LogP contribution in [0.4, 0.5) is 4.39 Å². The van der Waals surface area contributed by atoms with Crippen LogP contribution in [0.2, 0.25) is 0 Å². The fraction of sp³-hybridized carbons (Fsp3) is 0.500. The summed E-state index contributed by atoms with van der Waals surface area (Å²) < 4.78 is 18.5. The molecule has 2 rings (SSSR count). The molecule has 1 saturated heterocycles. The molecule has 0 amide bonds. The lowest BCUT2D eigenvalue weighted by molar-refractivity contribution is 0.0461. The third-order valence-electron chi connectivity index (χ3n) is 2.74. The van der Waals surface area contributed by atoms with E-state index in [4.69, 9.17) is 4.74 Å². The van der Waals surface area contributed by atoms with Crippen molar-refractivity contribution in [2.45, 2.75) is 25.5 Å². The number of halogens is 1. The largest absolute Gasteiger partial charge is 0.372 e. The SMILES string of the molecule is CC1NCCCOC1c1ccc(F)cc1. The van der Waals surface area contributed by atoms with Crippen LogP contribution in [0.25, 0.3) is 0 Å².